The van der Waals surface area contributed by atoms with Crippen LogP contribution in [0.15, 0.2) is 0 Å². The Balaban J connectivity index is 2.44. The van der Waals surface area contributed by atoms with Gasteiger partial charge in [0.25, 0.3) is 0 Å². The van der Waals surface area contributed by atoms with Crippen molar-refractivity contribution in [3.8, 4) is 0 Å². The van der Waals surface area contributed by atoms with E-state index in [1.807, 2.05) is 0 Å². The molecule has 0 spiro atoms. The lowest BCUT2D eigenvalue weighted by molar-refractivity contribution is 0.0939. The summed E-state index contributed by atoms with van der Waals surface area (Å²) >= 11 is 0. The molecule has 16 heavy (non-hydrogen) atoms. The van der Waals surface area contributed by atoms with Crippen LogP contribution in [0.25, 0.3) is 0 Å². The van der Waals surface area contributed by atoms with E-state index in [9.17, 15) is 4.79 Å². The van der Waals surface area contributed by atoms with Gasteiger partial charge in [0.1, 0.15) is 0 Å². The first kappa shape index (κ1) is 13.3. The monoisotopic (exact) mass is 230 g/mol. The lowest BCUT2D eigenvalue weighted by Gasteiger charge is -2.27. The van der Waals surface area contributed by atoms with E-state index in [0.29, 0.717) is 12.5 Å². The first-order valence-corrected chi connectivity index (χ1v) is 5.88. The number of rotatable bonds is 4. The Kier molecular flexibility index (Phi) is 5.55. The second kappa shape index (κ2) is 6.70. The molecule has 1 saturated heterocycles. The highest BCUT2D eigenvalue weighted by molar-refractivity contribution is 5.64. The largest absolute Gasteiger partial charge is 0.465 e. The molecule has 1 aliphatic rings. The van der Waals surface area contributed by atoms with Crippen LogP contribution in [0.1, 0.15) is 25.7 Å². The second-order valence-corrected chi connectivity index (χ2v) is 4.46. The van der Waals surface area contributed by atoms with Gasteiger partial charge >= 0.3 is 6.09 Å². The van der Waals surface area contributed by atoms with Crippen LogP contribution in [-0.4, -0.2) is 48.9 Å². The second-order valence-electron chi connectivity index (χ2n) is 4.46. The third-order valence-corrected chi connectivity index (χ3v) is 3.23. The third-order valence-electron chi connectivity index (χ3n) is 3.23. The van der Waals surface area contributed by atoms with Crippen molar-refractivity contribution in [2.24, 2.45) is 11.7 Å². The van der Waals surface area contributed by atoms with E-state index in [1.54, 1.807) is 7.05 Å². The number of amides is 1. The van der Waals surface area contributed by atoms with Crippen LogP contribution < -0.4 is 5.73 Å². The highest BCUT2D eigenvalue weighted by atomic mass is 16.5. The number of hydrogen-bond acceptors (Lipinski definition) is 3. The van der Waals surface area contributed by atoms with E-state index < -0.39 is 6.09 Å². The fourth-order valence-corrected chi connectivity index (χ4v) is 2.11. The maximum absolute atomic E-state index is 10.8. The normalized spacial score (nSPS) is 23.5. The fraction of sp³-hybridized carbons (Fsp3) is 0.909. The SMILES string of the molecule is CN(C(=O)O)[C@H](CN)C[C@H]1CCCCOC1. The van der Waals surface area contributed by atoms with Gasteiger partial charge in [-0.25, -0.2) is 4.79 Å². The van der Waals surface area contributed by atoms with Crippen LogP contribution in [0.5, 0.6) is 0 Å². The van der Waals surface area contributed by atoms with E-state index in [0.717, 1.165) is 32.5 Å². The topological polar surface area (TPSA) is 75.8 Å². The number of nitrogens with zero attached hydrogens (tertiary/aromatic N) is 1. The van der Waals surface area contributed by atoms with Crippen molar-refractivity contribution in [1.82, 2.24) is 4.90 Å². The number of carbonyl (C=O) groups is 1. The van der Waals surface area contributed by atoms with Gasteiger partial charge in [0.2, 0.25) is 0 Å². The summed E-state index contributed by atoms with van der Waals surface area (Å²) in [5, 5.41) is 8.91. The number of ether oxygens (including phenoxy) is 1. The zero-order chi connectivity index (χ0) is 12.0. The number of hydrogen-bond donors (Lipinski definition) is 2. The van der Waals surface area contributed by atoms with Crippen LogP contribution in [-0.2, 0) is 4.74 Å². The van der Waals surface area contributed by atoms with Crippen molar-refractivity contribution in [2.75, 3.05) is 26.8 Å². The molecular formula is C11H22N2O3. The summed E-state index contributed by atoms with van der Waals surface area (Å²) in [6, 6.07) is -0.0933. The van der Waals surface area contributed by atoms with E-state index >= 15 is 0 Å². The molecule has 0 bridgehead atoms. The van der Waals surface area contributed by atoms with Crippen LogP contribution in [0.3, 0.4) is 0 Å². The van der Waals surface area contributed by atoms with Crippen LogP contribution in [0.4, 0.5) is 4.79 Å². The minimum atomic E-state index is -0.912. The zero-order valence-corrected chi connectivity index (χ0v) is 9.89. The molecule has 2 atom stereocenters. The average Bonchev–Trinajstić information content (AvgIpc) is 2.53. The van der Waals surface area contributed by atoms with Crippen LogP contribution in [0.2, 0.25) is 0 Å². The van der Waals surface area contributed by atoms with Crippen molar-refractivity contribution >= 4 is 6.09 Å². The molecule has 3 N–H and O–H groups in total. The Morgan fingerprint density at radius 2 is 2.38 bits per heavy atom. The van der Waals surface area contributed by atoms with Crippen molar-refractivity contribution in [3.63, 3.8) is 0 Å². The summed E-state index contributed by atoms with van der Waals surface area (Å²) in [5.74, 6) is 0.442. The molecule has 1 heterocycles. The summed E-state index contributed by atoms with van der Waals surface area (Å²) in [5.41, 5.74) is 5.62. The zero-order valence-electron chi connectivity index (χ0n) is 9.89. The van der Waals surface area contributed by atoms with E-state index in [-0.39, 0.29) is 6.04 Å². The summed E-state index contributed by atoms with van der Waals surface area (Å²) in [6.07, 6.45) is 3.28. The highest BCUT2D eigenvalue weighted by Gasteiger charge is 2.23. The molecule has 94 valence electrons. The summed E-state index contributed by atoms with van der Waals surface area (Å²) < 4.78 is 5.49. The molecule has 0 aliphatic carbocycles. The predicted octanol–water partition coefficient (Wildman–Crippen LogP) is 1.13. The van der Waals surface area contributed by atoms with Gasteiger partial charge in [0, 0.05) is 32.8 Å². The molecule has 0 aromatic carbocycles. The molecule has 1 aliphatic heterocycles. The standard InChI is InChI=1S/C11H22N2O3/c1-13(11(14)15)10(7-12)6-9-4-2-3-5-16-8-9/h9-10H,2-8,12H2,1H3,(H,14,15)/t9-,10+/m1/s1. The predicted molar refractivity (Wildman–Crippen MR) is 61.4 cm³/mol. The van der Waals surface area contributed by atoms with Gasteiger partial charge in [-0.1, -0.05) is 6.42 Å². The molecule has 0 aromatic rings. The third kappa shape index (κ3) is 3.98. The number of carboxylic acid groups (broad SMARTS) is 1. The van der Waals surface area contributed by atoms with Gasteiger partial charge in [-0.2, -0.15) is 0 Å². The molecule has 0 aromatic heterocycles. The molecule has 5 heteroatoms. The minimum absolute atomic E-state index is 0.0933. The smallest absolute Gasteiger partial charge is 0.407 e. The Morgan fingerprint density at radius 3 is 3.00 bits per heavy atom. The average molecular weight is 230 g/mol. The molecule has 5 nitrogen and oxygen atoms in total. The maximum atomic E-state index is 10.8. The fourth-order valence-electron chi connectivity index (χ4n) is 2.11. The lowest BCUT2D eigenvalue weighted by atomic mass is 9.95. The molecule has 1 fully saturated rings. The van der Waals surface area contributed by atoms with Gasteiger partial charge in [-0.3, -0.25) is 0 Å². The highest BCUT2D eigenvalue weighted by Crippen LogP contribution is 2.20. The van der Waals surface area contributed by atoms with E-state index in [4.69, 9.17) is 15.6 Å². The first-order chi connectivity index (χ1) is 7.65. The van der Waals surface area contributed by atoms with E-state index in [2.05, 4.69) is 0 Å². The minimum Gasteiger partial charge on any atom is -0.465 e. The summed E-state index contributed by atoms with van der Waals surface area (Å²) in [4.78, 5) is 12.2. The van der Waals surface area contributed by atoms with Gasteiger partial charge < -0.3 is 20.5 Å². The Bertz CT molecular complexity index is 215. The Labute approximate surface area is 96.6 Å². The van der Waals surface area contributed by atoms with Crippen molar-refractivity contribution in [3.05, 3.63) is 0 Å². The molecule has 1 rings (SSSR count). The van der Waals surface area contributed by atoms with Crippen molar-refractivity contribution < 1.29 is 14.6 Å². The first-order valence-electron chi connectivity index (χ1n) is 5.88. The Hall–Kier alpha value is -0.810. The Morgan fingerprint density at radius 1 is 1.62 bits per heavy atom. The van der Waals surface area contributed by atoms with Gasteiger partial charge in [0.15, 0.2) is 0 Å². The van der Waals surface area contributed by atoms with Crippen molar-refractivity contribution in [2.45, 2.75) is 31.7 Å². The molecule has 0 saturated carbocycles. The number of likely N-dealkylation sites (N-methyl/N-ethyl adjacent to an activating group) is 1. The molecule has 1 amide bonds. The number of nitrogens with two attached hydrogens (primary N) is 1. The van der Waals surface area contributed by atoms with Gasteiger partial charge in [-0.05, 0) is 25.2 Å². The van der Waals surface area contributed by atoms with Crippen molar-refractivity contribution in [1.29, 1.82) is 0 Å². The lowest BCUT2D eigenvalue weighted by Crippen LogP contribution is -2.42. The quantitative estimate of drug-likeness (QED) is 0.759. The molecule has 0 radical (unpaired) electrons. The van der Waals surface area contributed by atoms with Crippen LogP contribution >= 0.6 is 0 Å². The molecular weight excluding hydrogens is 208 g/mol. The molecule has 0 unspecified atom stereocenters. The van der Waals surface area contributed by atoms with Gasteiger partial charge in [-0.15, -0.1) is 0 Å². The van der Waals surface area contributed by atoms with E-state index in [1.165, 1.54) is 11.3 Å². The summed E-state index contributed by atoms with van der Waals surface area (Å²) in [6.45, 7) is 1.95. The summed E-state index contributed by atoms with van der Waals surface area (Å²) in [7, 11) is 1.58. The van der Waals surface area contributed by atoms with Gasteiger partial charge in [0.05, 0.1) is 0 Å². The van der Waals surface area contributed by atoms with Crippen LogP contribution in [0, 0.1) is 5.92 Å². The maximum Gasteiger partial charge on any atom is 0.407 e.